The molecule has 2 N–H and O–H groups in total. The lowest BCUT2D eigenvalue weighted by molar-refractivity contribution is -0.144. The Hall–Kier alpha value is -1.81. The number of carboxylic acids is 1. The Morgan fingerprint density at radius 2 is 2.10 bits per heavy atom. The molecule has 4 heteroatoms. The van der Waals surface area contributed by atoms with Gasteiger partial charge in [-0.25, -0.2) is 0 Å². The van der Waals surface area contributed by atoms with Gasteiger partial charge < -0.3 is 9.52 Å². The normalized spacial score (nSPS) is 14.3. The monoisotopic (exact) mass is 275 g/mol. The van der Waals surface area contributed by atoms with Gasteiger partial charge in [-0.3, -0.25) is 10.1 Å². The van der Waals surface area contributed by atoms with Crippen molar-refractivity contribution in [1.82, 2.24) is 5.32 Å². The summed E-state index contributed by atoms with van der Waals surface area (Å²) in [6.45, 7) is 6.12. The van der Waals surface area contributed by atoms with Gasteiger partial charge >= 0.3 is 5.97 Å². The van der Waals surface area contributed by atoms with Crippen LogP contribution in [0.4, 0.5) is 0 Å². The third-order valence-electron chi connectivity index (χ3n) is 3.78. The van der Waals surface area contributed by atoms with Crippen molar-refractivity contribution in [1.29, 1.82) is 0 Å². The molecule has 108 valence electrons. The van der Waals surface area contributed by atoms with Crippen molar-refractivity contribution in [2.45, 2.75) is 45.7 Å². The molecular weight excluding hydrogens is 254 g/mol. The number of aliphatic carboxylic acids is 1. The molecule has 0 saturated heterocycles. The Labute approximate surface area is 118 Å². The molecule has 1 unspecified atom stereocenters. The number of carboxylic acid groups (broad SMARTS) is 1. The van der Waals surface area contributed by atoms with Crippen molar-refractivity contribution in [3.05, 3.63) is 35.6 Å². The standard InChI is InChI=1S/C16H21NO3/c1-4-9-16(3,15(18)19)17-10-13-11(2)20-14-8-6-5-7-12(13)14/h5-8,17H,4,9-10H2,1-3H3,(H,18,19). The summed E-state index contributed by atoms with van der Waals surface area (Å²) in [7, 11) is 0. The van der Waals surface area contributed by atoms with Crippen molar-refractivity contribution >= 4 is 16.9 Å². The number of furan rings is 1. The highest BCUT2D eigenvalue weighted by atomic mass is 16.4. The van der Waals surface area contributed by atoms with Crippen LogP contribution in [0.2, 0.25) is 0 Å². The predicted molar refractivity (Wildman–Crippen MR) is 78.7 cm³/mol. The zero-order valence-corrected chi connectivity index (χ0v) is 12.2. The molecule has 0 amide bonds. The zero-order chi connectivity index (χ0) is 14.8. The number of fused-ring (bicyclic) bond motifs is 1. The molecule has 0 saturated carbocycles. The number of hydrogen-bond acceptors (Lipinski definition) is 3. The van der Waals surface area contributed by atoms with Crippen LogP contribution in [0.25, 0.3) is 11.0 Å². The fourth-order valence-corrected chi connectivity index (χ4v) is 2.50. The quantitative estimate of drug-likeness (QED) is 0.847. The third-order valence-corrected chi connectivity index (χ3v) is 3.78. The van der Waals surface area contributed by atoms with Gasteiger partial charge in [0.15, 0.2) is 0 Å². The molecule has 0 fully saturated rings. The van der Waals surface area contributed by atoms with E-state index in [2.05, 4.69) is 5.32 Å². The van der Waals surface area contributed by atoms with Crippen LogP contribution in [-0.2, 0) is 11.3 Å². The van der Waals surface area contributed by atoms with E-state index in [0.717, 1.165) is 28.7 Å². The second kappa shape index (κ2) is 5.67. The Balaban J connectivity index is 2.24. The van der Waals surface area contributed by atoms with Crippen LogP contribution in [0, 0.1) is 6.92 Å². The summed E-state index contributed by atoms with van der Waals surface area (Å²) in [5, 5.41) is 13.6. The van der Waals surface area contributed by atoms with E-state index in [1.54, 1.807) is 6.92 Å². The molecule has 20 heavy (non-hydrogen) atoms. The van der Waals surface area contributed by atoms with Gasteiger partial charge in [-0.2, -0.15) is 0 Å². The van der Waals surface area contributed by atoms with Crippen LogP contribution < -0.4 is 5.32 Å². The maximum atomic E-state index is 11.4. The molecule has 0 aliphatic heterocycles. The first kappa shape index (κ1) is 14.6. The number of benzene rings is 1. The molecule has 1 heterocycles. The molecule has 0 radical (unpaired) electrons. The third kappa shape index (κ3) is 2.70. The van der Waals surface area contributed by atoms with Gasteiger partial charge in [0.1, 0.15) is 16.9 Å². The van der Waals surface area contributed by atoms with Crippen LogP contribution >= 0.6 is 0 Å². The van der Waals surface area contributed by atoms with Gasteiger partial charge in [-0.05, 0) is 26.3 Å². The van der Waals surface area contributed by atoms with E-state index in [1.807, 2.05) is 38.1 Å². The van der Waals surface area contributed by atoms with Gasteiger partial charge in [0.25, 0.3) is 0 Å². The Kier molecular flexibility index (Phi) is 4.14. The summed E-state index contributed by atoms with van der Waals surface area (Å²) in [4.78, 5) is 11.4. The molecule has 2 rings (SSSR count). The summed E-state index contributed by atoms with van der Waals surface area (Å²) in [5.41, 5.74) is 0.970. The van der Waals surface area contributed by atoms with Gasteiger partial charge in [-0.15, -0.1) is 0 Å². The number of carbonyl (C=O) groups is 1. The van der Waals surface area contributed by atoms with E-state index < -0.39 is 11.5 Å². The topological polar surface area (TPSA) is 62.5 Å². The average molecular weight is 275 g/mol. The minimum Gasteiger partial charge on any atom is -0.480 e. The molecule has 0 spiro atoms. The number of rotatable bonds is 6. The first-order chi connectivity index (χ1) is 9.48. The highest BCUT2D eigenvalue weighted by Crippen LogP contribution is 2.26. The number of aryl methyl sites for hydroxylation is 1. The number of para-hydroxylation sites is 1. The van der Waals surface area contributed by atoms with Gasteiger partial charge in [0.05, 0.1) is 0 Å². The van der Waals surface area contributed by atoms with Gasteiger partial charge in [0.2, 0.25) is 0 Å². The highest BCUT2D eigenvalue weighted by Gasteiger charge is 2.31. The molecule has 4 nitrogen and oxygen atoms in total. The van der Waals surface area contributed by atoms with E-state index in [4.69, 9.17) is 4.42 Å². The van der Waals surface area contributed by atoms with E-state index >= 15 is 0 Å². The summed E-state index contributed by atoms with van der Waals surface area (Å²) < 4.78 is 5.70. The summed E-state index contributed by atoms with van der Waals surface area (Å²) in [6, 6.07) is 7.82. The lowest BCUT2D eigenvalue weighted by atomic mass is 9.95. The molecule has 1 aromatic heterocycles. The maximum absolute atomic E-state index is 11.4. The van der Waals surface area contributed by atoms with E-state index in [1.165, 1.54) is 0 Å². The molecular formula is C16H21NO3. The van der Waals surface area contributed by atoms with Crippen molar-refractivity contribution < 1.29 is 14.3 Å². The van der Waals surface area contributed by atoms with Crippen LogP contribution in [0.1, 0.15) is 38.0 Å². The van der Waals surface area contributed by atoms with Crippen molar-refractivity contribution in [3.63, 3.8) is 0 Å². The van der Waals surface area contributed by atoms with E-state index in [0.29, 0.717) is 13.0 Å². The largest absolute Gasteiger partial charge is 0.480 e. The Morgan fingerprint density at radius 3 is 2.75 bits per heavy atom. The minimum absolute atomic E-state index is 0.492. The minimum atomic E-state index is -0.903. The van der Waals surface area contributed by atoms with Gasteiger partial charge in [0, 0.05) is 17.5 Å². The van der Waals surface area contributed by atoms with Crippen LogP contribution in [0.5, 0.6) is 0 Å². The summed E-state index contributed by atoms with van der Waals surface area (Å²) in [5.74, 6) is 0.0211. The smallest absolute Gasteiger partial charge is 0.323 e. The maximum Gasteiger partial charge on any atom is 0.323 e. The molecule has 0 aliphatic rings. The zero-order valence-electron chi connectivity index (χ0n) is 12.2. The summed E-state index contributed by atoms with van der Waals surface area (Å²) in [6.07, 6.45) is 1.41. The van der Waals surface area contributed by atoms with Crippen molar-refractivity contribution in [2.24, 2.45) is 0 Å². The molecule has 1 atom stereocenters. The average Bonchev–Trinajstić information content (AvgIpc) is 2.72. The molecule has 2 aromatic rings. The van der Waals surface area contributed by atoms with Crippen molar-refractivity contribution in [2.75, 3.05) is 0 Å². The fourth-order valence-electron chi connectivity index (χ4n) is 2.50. The van der Waals surface area contributed by atoms with Gasteiger partial charge in [-0.1, -0.05) is 31.5 Å². The van der Waals surface area contributed by atoms with Crippen LogP contribution in [0.3, 0.4) is 0 Å². The predicted octanol–water partition coefficient (Wildman–Crippen LogP) is 3.47. The van der Waals surface area contributed by atoms with E-state index in [-0.39, 0.29) is 0 Å². The van der Waals surface area contributed by atoms with Crippen LogP contribution in [-0.4, -0.2) is 16.6 Å². The second-order valence-corrected chi connectivity index (χ2v) is 5.37. The van der Waals surface area contributed by atoms with E-state index in [9.17, 15) is 9.90 Å². The highest BCUT2D eigenvalue weighted by molar-refractivity contribution is 5.82. The Morgan fingerprint density at radius 1 is 1.40 bits per heavy atom. The first-order valence-electron chi connectivity index (χ1n) is 6.93. The van der Waals surface area contributed by atoms with Crippen LogP contribution in [0.15, 0.2) is 28.7 Å². The van der Waals surface area contributed by atoms with Crippen molar-refractivity contribution in [3.8, 4) is 0 Å². The Bertz CT molecular complexity index is 617. The SMILES string of the molecule is CCCC(C)(NCc1c(C)oc2ccccc12)C(=O)O. The fraction of sp³-hybridized carbons (Fsp3) is 0.438. The molecule has 0 bridgehead atoms. The molecule has 0 aliphatic carbocycles. The first-order valence-corrected chi connectivity index (χ1v) is 6.93. The second-order valence-electron chi connectivity index (χ2n) is 5.37. The lowest BCUT2D eigenvalue weighted by Gasteiger charge is -2.25. The number of hydrogen-bond donors (Lipinski definition) is 2. The molecule has 1 aromatic carbocycles. The number of nitrogens with one attached hydrogen (secondary N) is 1. The lowest BCUT2D eigenvalue weighted by Crippen LogP contribution is -2.48. The summed E-state index contributed by atoms with van der Waals surface area (Å²) >= 11 is 0.